The van der Waals surface area contributed by atoms with Crippen LogP contribution in [0.15, 0.2) is 42.5 Å². The van der Waals surface area contributed by atoms with E-state index in [-0.39, 0.29) is 11.9 Å². The molecule has 3 heteroatoms. The molecule has 0 amide bonds. The number of halogens is 1. The second-order valence-electron chi connectivity index (χ2n) is 5.47. The summed E-state index contributed by atoms with van der Waals surface area (Å²) < 4.78 is 5.13. The molecule has 0 saturated heterocycles. The zero-order valence-corrected chi connectivity index (χ0v) is 11.8. The molecule has 0 spiro atoms. The Kier molecular flexibility index (Phi) is 2.31. The first-order valence-electron chi connectivity index (χ1n) is 6.66. The van der Waals surface area contributed by atoms with Gasteiger partial charge in [0, 0.05) is 10.9 Å². The van der Waals surface area contributed by atoms with Crippen molar-refractivity contribution in [1.82, 2.24) is 0 Å². The standard InChI is InChI=1S/C17H13ClO2/c1-20-16(19)17-9-13(11-4-2-3-5-14(11)17)12-7-6-10(18)8-15(12)17/h2-8,13H,9H2,1H3. The maximum atomic E-state index is 12.6. The Bertz CT molecular complexity index is 738. The van der Waals surface area contributed by atoms with E-state index in [0.717, 1.165) is 17.5 Å². The van der Waals surface area contributed by atoms with Gasteiger partial charge < -0.3 is 4.74 Å². The maximum absolute atomic E-state index is 12.6. The molecule has 2 atom stereocenters. The zero-order valence-electron chi connectivity index (χ0n) is 11.0. The molecule has 2 aromatic rings. The lowest BCUT2D eigenvalue weighted by Crippen LogP contribution is -2.35. The van der Waals surface area contributed by atoms with Crippen molar-refractivity contribution in [2.75, 3.05) is 7.11 Å². The average molecular weight is 285 g/mol. The molecule has 2 aliphatic rings. The van der Waals surface area contributed by atoms with Crippen LogP contribution in [0, 0.1) is 0 Å². The SMILES string of the molecule is COC(=O)C12CC(c3ccccc31)c1ccc(Cl)cc12. The summed E-state index contributed by atoms with van der Waals surface area (Å²) >= 11 is 6.15. The van der Waals surface area contributed by atoms with Crippen molar-refractivity contribution in [3.05, 3.63) is 69.7 Å². The van der Waals surface area contributed by atoms with E-state index in [9.17, 15) is 4.79 Å². The van der Waals surface area contributed by atoms with Crippen LogP contribution in [0.5, 0.6) is 0 Å². The second kappa shape index (κ2) is 3.86. The monoisotopic (exact) mass is 284 g/mol. The topological polar surface area (TPSA) is 26.3 Å². The van der Waals surface area contributed by atoms with E-state index in [1.165, 1.54) is 18.2 Å². The lowest BCUT2D eigenvalue weighted by Gasteiger charge is -2.28. The molecule has 0 aromatic heterocycles. The molecule has 2 bridgehead atoms. The van der Waals surface area contributed by atoms with Crippen LogP contribution in [0.2, 0.25) is 5.02 Å². The Morgan fingerprint density at radius 3 is 2.75 bits per heavy atom. The highest BCUT2D eigenvalue weighted by Crippen LogP contribution is 2.60. The first kappa shape index (κ1) is 12.0. The van der Waals surface area contributed by atoms with Crippen LogP contribution >= 0.6 is 11.6 Å². The third-order valence-corrected chi connectivity index (χ3v) is 4.93. The number of carbonyl (C=O) groups is 1. The van der Waals surface area contributed by atoms with Crippen molar-refractivity contribution < 1.29 is 9.53 Å². The van der Waals surface area contributed by atoms with Gasteiger partial charge in [-0.05, 0) is 40.8 Å². The quantitative estimate of drug-likeness (QED) is 0.747. The first-order chi connectivity index (χ1) is 9.68. The Hall–Kier alpha value is -1.80. The molecule has 2 unspecified atom stereocenters. The van der Waals surface area contributed by atoms with Gasteiger partial charge in [0.1, 0.15) is 5.41 Å². The van der Waals surface area contributed by atoms with Crippen molar-refractivity contribution >= 4 is 17.6 Å². The summed E-state index contributed by atoms with van der Waals surface area (Å²) in [6, 6.07) is 14.0. The Labute approximate surface area is 122 Å². The lowest BCUT2D eigenvalue weighted by molar-refractivity contribution is -0.145. The van der Waals surface area contributed by atoms with E-state index in [1.807, 2.05) is 36.4 Å². The molecule has 4 rings (SSSR count). The molecular formula is C17H13ClO2. The Balaban J connectivity index is 2.07. The number of hydrogen-bond donors (Lipinski definition) is 0. The summed E-state index contributed by atoms with van der Waals surface area (Å²) in [5.74, 6) is 0.0889. The van der Waals surface area contributed by atoms with Crippen LogP contribution in [0.3, 0.4) is 0 Å². The van der Waals surface area contributed by atoms with Gasteiger partial charge in [-0.3, -0.25) is 4.79 Å². The highest BCUT2D eigenvalue weighted by Gasteiger charge is 2.58. The van der Waals surface area contributed by atoms with Gasteiger partial charge in [-0.2, -0.15) is 0 Å². The number of carbonyl (C=O) groups excluding carboxylic acids is 1. The molecule has 2 aromatic carbocycles. The number of fused-ring (bicyclic) bond motifs is 8. The van der Waals surface area contributed by atoms with Crippen molar-refractivity contribution in [2.45, 2.75) is 17.8 Å². The number of methoxy groups -OCH3 is 1. The molecule has 0 radical (unpaired) electrons. The van der Waals surface area contributed by atoms with Gasteiger partial charge >= 0.3 is 5.97 Å². The highest BCUT2D eigenvalue weighted by molar-refractivity contribution is 6.30. The number of ether oxygens (including phenoxy) is 1. The minimum atomic E-state index is -0.670. The molecule has 2 nitrogen and oxygen atoms in total. The molecular weight excluding hydrogens is 272 g/mol. The minimum Gasteiger partial charge on any atom is -0.468 e. The molecule has 0 heterocycles. The average Bonchev–Trinajstić information content (AvgIpc) is 2.99. The van der Waals surface area contributed by atoms with E-state index < -0.39 is 5.41 Å². The van der Waals surface area contributed by atoms with E-state index in [2.05, 4.69) is 6.07 Å². The number of hydrogen-bond acceptors (Lipinski definition) is 2. The summed E-state index contributed by atoms with van der Waals surface area (Å²) in [5, 5.41) is 0.664. The largest absolute Gasteiger partial charge is 0.468 e. The molecule has 100 valence electrons. The van der Waals surface area contributed by atoms with Gasteiger partial charge in [-0.15, -0.1) is 0 Å². The van der Waals surface area contributed by atoms with Gasteiger partial charge in [-0.1, -0.05) is 41.9 Å². The third-order valence-electron chi connectivity index (χ3n) is 4.69. The molecule has 0 saturated carbocycles. The number of rotatable bonds is 1. The summed E-state index contributed by atoms with van der Waals surface area (Å²) in [5.41, 5.74) is 3.87. The van der Waals surface area contributed by atoms with Crippen molar-refractivity contribution in [1.29, 1.82) is 0 Å². The van der Waals surface area contributed by atoms with Crippen molar-refractivity contribution in [3.63, 3.8) is 0 Å². The van der Waals surface area contributed by atoms with Crippen molar-refractivity contribution in [2.24, 2.45) is 0 Å². The van der Waals surface area contributed by atoms with E-state index in [0.29, 0.717) is 5.02 Å². The molecule has 20 heavy (non-hydrogen) atoms. The second-order valence-corrected chi connectivity index (χ2v) is 5.91. The molecule has 0 fully saturated rings. The molecule has 0 aliphatic heterocycles. The Morgan fingerprint density at radius 2 is 1.95 bits per heavy atom. The maximum Gasteiger partial charge on any atom is 0.320 e. The van der Waals surface area contributed by atoms with Crippen LogP contribution in [0.1, 0.15) is 34.6 Å². The highest BCUT2D eigenvalue weighted by atomic mass is 35.5. The fraction of sp³-hybridized carbons (Fsp3) is 0.235. The summed E-state index contributed by atoms with van der Waals surface area (Å²) in [7, 11) is 1.45. The van der Waals surface area contributed by atoms with Crippen LogP contribution in [0.25, 0.3) is 0 Å². The van der Waals surface area contributed by atoms with Crippen LogP contribution in [0.4, 0.5) is 0 Å². The summed E-state index contributed by atoms with van der Waals surface area (Å²) in [6.45, 7) is 0. The Morgan fingerprint density at radius 1 is 1.20 bits per heavy atom. The van der Waals surface area contributed by atoms with Gasteiger partial charge in [-0.25, -0.2) is 0 Å². The predicted molar refractivity (Wildman–Crippen MR) is 77.2 cm³/mol. The normalized spacial score (nSPS) is 25.2. The first-order valence-corrected chi connectivity index (χ1v) is 7.04. The lowest BCUT2D eigenvalue weighted by atomic mass is 9.75. The summed E-state index contributed by atoms with van der Waals surface area (Å²) in [4.78, 5) is 12.6. The fourth-order valence-corrected chi connectivity index (χ4v) is 4.10. The third kappa shape index (κ3) is 1.23. The van der Waals surface area contributed by atoms with Gasteiger partial charge in [0.15, 0.2) is 0 Å². The minimum absolute atomic E-state index is 0.187. The molecule has 0 N–H and O–H groups in total. The number of esters is 1. The van der Waals surface area contributed by atoms with Crippen LogP contribution in [-0.2, 0) is 14.9 Å². The van der Waals surface area contributed by atoms with Gasteiger partial charge in [0.05, 0.1) is 7.11 Å². The zero-order chi connectivity index (χ0) is 13.9. The fourth-order valence-electron chi connectivity index (χ4n) is 3.93. The summed E-state index contributed by atoms with van der Waals surface area (Å²) in [6.07, 6.45) is 0.759. The van der Waals surface area contributed by atoms with E-state index >= 15 is 0 Å². The number of benzene rings is 2. The van der Waals surface area contributed by atoms with E-state index in [4.69, 9.17) is 16.3 Å². The molecule has 2 aliphatic carbocycles. The van der Waals surface area contributed by atoms with E-state index in [1.54, 1.807) is 0 Å². The van der Waals surface area contributed by atoms with Crippen LogP contribution < -0.4 is 0 Å². The van der Waals surface area contributed by atoms with Crippen molar-refractivity contribution in [3.8, 4) is 0 Å². The van der Waals surface area contributed by atoms with Gasteiger partial charge in [0.2, 0.25) is 0 Å². The predicted octanol–water partition coefficient (Wildman–Crippen LogP) is 3.65. The van der Waals surface area contributed by atoms with Crippen LogP contribution in [-0.4, -0.2) is 13.1 Å². The smallest absolute Gasteiger partial charge is 0.320 e. The van der Waals surface area contributed by atoms with Gasteiger partial charge in [0.25, 0.3) is 0 Å².